The SMILES string of the molecule is Cc1cc(NCc2ccccc2N2CCOCC2)n2ncnc2n1. The van der Waals surface area contributed by atoms with Crippen LogP contribution in [0.5, 0.6) is 0 Å². The number of aryl methyl sites for hydroxylation is 1. The second kappa shape index (κ2) is 6.45. The zero-order chi connectivity index (χ0) is 16.4. The summed E-state index contributed by atoms with van der Waals surface area (Å²) in [5.41, 5.74) is 3.43. The molecule has 1 N–H and O–H groups in total. The van der Waals surface area contributed by atoms with Crippen molar-refractivity contribution in [2.24, 2.45) is 0 Å². The molecular weight excluding hydrogens is 304 g/mol. The molecular formula is C17H20N6O. The lowest BCUT2D eigenvalue weighted by Gasteiger charge is -2.30. The van der Waals surface area contributed by atoms with Crippen molar-refractivity contribution in [2.45, 2.75) is 13.5 Å². The highest BCUT2D eigenvalue weighted by molar-refractivity contribution is 5.55. The van der Waals surface area contributed by atoms with E-state index in [1.807, 2.05) is 13.0 Å². The average molecular weight is 324 g/mol. The molecule has 1 saturated heterocycles. The van der Waals surface area contributed by atoms with Crippen LogP contribution in [0.4, 0.5) is 11.5 Å². The Balaban J connectivity index is 1.58. The van der Waals surface area contributed by atoms with Crippen molar-refractivity contribution >= 4 is 17.3 Å². The highest BCUT2D eigenvalue weighted by Crippen LogP contribution is 2.22. The molecule has 0 aliphatic carbocycles. The Kier molecular flexibility index (Phi) is 4.00. The smallest absolute Gasteiger partial charge is 0.254 e. The Bertz CT molecular complexity index is 840. The predicted octanol–water partition coefficient (Wildman–Crippen LogP) is 1.88. The van der Waals surface area contributed by atoms with Crippen molar-refractivity contribution in [1.82, 2.24) is 19.6 Å². The molecule has 2 aromatic heterocycles. The maximum atomic E-state index is 5.46. The van der Waals surface area contributed by atoms with E-state index >= 15 is 0 Å². The molecule has 124 valence electrons. The van der Waals surface area contributed by atoms with Gasteiger partial charge < -0.3 is 15.0 Å². The molecule has 3 aromatic rings. The first-order chi connectivity index (χ1) is 11.8. The number of fused-ring (bicyclic) bond motifs is 1. The van der Waals surface area contributed by atoms with Crippen LogP contribution in [-0.2, 0) is 11.3 Å². The molecule has 4 rings (SSSR count). The van der Waals surface area contributed by atoms with Crippen LogP contribution in [0.1, 0.15) is 11.3 Å². The van der Waals surface area contributed by atoms with Crippen LogP contribution in [0.2, 0.25) is 0 Å². The van der Waals surface area contributed by atoms with E-state index in [1.165, 1.54) is 17.6 Å². The zero-order valence-electron chi connectivity index (χ0n) is 13.6. The second-order valence-electron chi connectivity index (χ2n) is 5.84. The van der Waals surface area contributed by atoms with Crippen molar-refractivity contribution in [3.63, 3.8) is 0 Å². The largest absolute Gasteiger partial charge is 0.378 e. The summed E-state index contributed by atoms with van der Waals surface area (Å²) < 4.78 is 7.19. The number of nitrogens with zero attached hydrogens (tertiary/aromatic N) is 5. The first-order valence-electron chi connectivity index (χ1n) is 8.13. The lowest BCUT2D eigenvalue weighted by atomic mass is 10.1. The van der Waals surface area contributed by atoms with Crippen LogP contribution < -0.4 is 10.2 Å². The van der Waals surface area contributed by atoms with Gasteiger partial charge in [-0.05, 0) is 18.6 Å². The molecule has 24 heavy (non-hydrogen) atoms. The lowest BCUT2D eigenvalue weighted by molar-refractivity contribution is 0.122. The van der Waals surface area contributed by atoms with Crippen molar-refractivity contribution < 1.29 is 4.74 Å². The van der Waals surface area contributed by atoms with Gasteiger partial charge in [0, 0.05) is 37.1 Å². The molecule has 3 heterocycles. The number of aromatic nitrogens is 4. The summed E-state index contributed by atoms with van der Waals surface area (Å²) in [6, 6.07) is 10.5. The molecule has 1 aromatic carbocycles. The third-order valence-electron chi connectivity index (χ3n) is 4.18. The standard InChI is InChI=1S/C17H20N6O/c1-13-10-16(23-17(21-13)19-12-20-23)18-11-14-4-2-3-5-15(14)22-6-8-24-9-7-22/h2-5,10,12,18H,6-9,11H2,1H3. The molecule has 0 bridgehead atoms. The van der Waals surface area contributed by atoms with Gasteiger partial charge in [0.15, 0.2) is 0 Å². The molecule has 0 atom stereocenters. The van der Waals surface area contributed by atoms with Crippen molar-refractivity contribution in [3.05, 3.63) is 47.9 Å². The second-order valence-corrected chi connectivity index (χ2v) is 5.84. The highest BCUT2D eigenvalue weighted by Gasteiger charge is 2.14. The highest BCUT2D eigenvalue weighted by atomic mass is 16.5. The summed E-state index contributed by atoms with van der Waals surface area (Å²) in [5, 5.41) is 7.71. The molecule has 0 radical (unpaired) electrons. The van der Waals surface area contributed by atoms with E-state index in [4.69, 9.17) is 4.74 Å². The first-order valence-corrected chi connectivity index (χ1v) is 8.13. The van der Waals surface area contributed by atoms with Gasteiger partial charge in [-0.2, -0.15) is 14.6 Å². The number of benzene rings is 1. The molecule has 1 aliphatic heterocycles. The summed E-state index contributed by atoms with van der Waals surface area (Å²) >= 11 is 0. The van der Waals surface area contributed by atoms with Gasteiger partial charge in [-0.3, -0.25) is 0 Å². The van der Waals surface area contributed by atoms with Crippen molar-refractivity contribution in [3.8, 4) is 0 Å². The van der Waals surface area contributed by atoms with Gasteiger partial charge in [0.1, 0.15) is 12.1 Å². The van der Waals surface area contributed by atoms with Gasteiger partial charge in [0.05, 0.1) is 13.2 Å². The van der Waals surface area contributed by atoms with Gasteiger partial charge >= 0.3 is 0 Å². The molecule has 7 heteroatoms. The number of hydrogen-bond donors (Lipinski definition) is 1. The van der Waals surface area contributed by atoms with Crippen molar-refractivity contribution in [2.75, 3.05) is 36.5 Å². The summed E-state index contributed by atoms with van der Waals surface area (Å²) in [5.74, 6) is 1.51. The van der Waals surface area contributed by atoms with E-state index in [0.717, 1.165) is 37.8 Å². The van der Waals surface area contributed by atoms with Gasteiger partial charge in [0.25, 0.3) is 5.78 Å². The zero-order valence-corrected chi connectivity index (χ0v) is 13.6. The number of nitrogens with one attached hydrogen (secondary N) is 1. The fourth-order valence-corrected chi connectivity index (χ4v) is 3.02. The van der Waals surface area contributed by atoms with Gasteiger partial charge in [0.2, 0.25) is 0 Å². The third kappa shape index (κ3) is 2.90. The summed E-state index contributed by atoms with van der Waals surface area (Å²) in [4.78, 5) is 10.9. The molecule has 0 saturated carbocycles. The topological polar surface area (TPSA) is 67.6 Å². The fourth-order valence-electron chi connectivity index (χ4n) is 3.02. The Labute approximate surface area is 140 Å². The summed E-state index contributed by atoms with van der Waals surface area (Å²) in [6.07, 6.45) is 1.52. The molecule has 0 spiro atoms. The monoisotopic (exact) mass is 324 g/mol. The quantitative estimate of drug-likeness (QED) is 0.790. The van der Waals surface area contributed by atoms with E-state index in [0.29, 0.717) is 12.3 Å². The molecule has 1 fully saturated rings. The van der Waals surface area contributed by atoms with E-state index in [1.54, 1.807) is 4.52 Å². The molecule has 1 aliphatic rings. The average Bonchev–Trinajstić information content (AvgIpc) is 3.09. The minimum absolute atomic E-state index is 0.610. The number of anilines is 2. The maximum absolute atomic E-state index is 5.46. The van der Waals surface area contributed by atoms with Gasteiger partial charge in [-0.15, -0.1) is 0 Å². The van der Waals surface area contributed by atoms with E-state index in [9.17, 15) is 0 Å². The number of morpholine rings is 1. The van der Waals surface area contributed by atoms with Crippen molar-refractivity contribution in [1.29, 1.82) is 0 Å². The Morgan fingerprint density at radius 1 is 1.21 bits per heavy atom. The number of rotatable bonds is 4. The van der Waals surface area contributed by atoms with Crippen LogP contribution in [0.15, 0.2) is 36.7 Å². The minimum Gasteiger partial charge on any atom is -0.378 e. The van der Waals surface area contributed by atoms with E-state index in [-0.39, 0.29) is 0 Å². The lowest BCUT2D eigenvalue weighted by Crippen LogP contribution is -2.36. The minimum atomic E-state index is 0.610. The first kappa shape index (κ1) is 14.9. The van der Waals surface area contributed by atoms with E-state index < -0.39 is 0 Å². The van der Waals surface area contributed by atoms with Crippen LogP contribution >= 0.6 is 0 Å². The molecule has 7 nitrogen and oxygen atoms in total. The van der Waals surface area contributed by atoms with Crippen LogP contribution in [-0.4, -0.2) is 45.9 Å². The number of hydrogen-bond acceptors (Lipinski definition) is 6. The Morgan fingerprint density at radius 3 is 2.92 bits per heavy atom. The van der Waals surface area contributed by atoms with Crippen LogP contribution in [0, 0.1) is 6.92 Å². The normalized spacial score (nSPS) is 15.0. The van der Waals surface area contributed by atoms with E-state index in [2.05, 4.69) is 49.5 Å². The van der Waals surface area contributed by atoms with Gasteiger partial charge in [-0.25, -0.2) is 4.98 Å². The van der Waals surface area contributed by atoms with Crippen LogP contribution in [0.25, 0.3) is 5.78 Å². The van der Waals surface area contributed by atoms with Gasteiger partial charge in [-0.1, -0.05) is 18.2 Å². The Morgan fingerprint density at radius 2 is 2.04 bits per heavy atom. The third-order valence-corrected chi connectivity index (χ3v) is 4.18. The predicted molar refractivity (Wildman–Crippen MR) is 92.3 cm³/mol. The molecule has 0 amide bonds. The Hall–Kier alpha value is -2.67. The summed E-state index contributed by atoms with van der Waals surface area (Å²) in [7, 11) is 0. The summed E-state index contributed by atoms with van der Waals surface area (Å²) in [6.45, 7) is 6.10. The van der Waals surface area contributed by atoms with Crippen LogP contribution in [0.3, 0.4) is 0 Å². The fraction of sp³-hybridized carbons (Fsp3) is 0.353. The number of para-hydroxylation sites is 1. The molecule has 0 unspecified atom stereocenters. The maximum Gasteiger partial charge on any atom is 0.254 e. The number of ether oxygens (including phenoxy) is 1.